The summed E-state index contributed by atoms with van der Waals surface area (Å²) >= 11 is 0. The lowest BCUT2D eigenvalue weighted by Crippen LogP contribution is -2.30. The maximum atomic E-state index is 10.6. The lowest BCUT2D eigenvalue weighted by Gasteiger charge is -2.26. The zero-order chi connectivity index (χ0) is 37.3. The van der Waals surface area contributed by atoms with Crippen molar-refractivity contribution >= 4 is 15.2 Å². The van der Waals surface area contributed by atoms with Crippen molar-refractivity contribution < 1.29 is 33.3 Å². The first-order valence-corrected chi connectivity index (χ1v) is 22.7. The van der Waals surface area contributed by atoms with E-state index in [1.54, 1.807) is 0 Å². The molecule has 3 unspecified atom stereocenters. The molecule has 0 amide bonds. The van der Waals surface area contributed by atoms with Gasteiger partial charge in [0.1, 0.15) is 20.0 Å². The van der Waals surface area contributed by atoms with Gasteiger partial charge >= 0.3 is 7.60 Å². The molecule has 0 radical (unpaired) electrons. The molecule has 1 aromatic rings. The Kier molecular flexibility index (Phi) is 28.1. The highest BCUT2D eigenvalue weighted by atomic mass is 31.2. The van der Waals surface area contributed by atoms with Crippen molar-refractivity contribution in [1.29, 1.82) is 0 Å². The molecule has 288 valence electrons. The van der Waals surface area contributed by atoms with Crippen LogP contribution in [0.4, 0.5) is 0 Å². The summed E-state index contributed by atoms with van der Waals surface area (Å²) in [6, 6.07) is 0. The van der Waals surface area contributed by atoms with Gasteiger partial charge in [0.15, 0.2) is 0 Å². The van der Waals surface area contributed by atoms with Crippen LogP contribution in [0.1, 0.15) is 184 Å². The van der Waals surface area contributed by atoms with Crippen LogP contribution in [0, 0.1) is 22.7 Å². The van der Waals surface area contributed by atoms with E-state index in [0.717, 1.165) is 12.8 Å². The van der Waals surface area contributed by atoms with Gasteiger partial charge in [0.2, 0.25) is 0 Å². The lowest BCUT2D eigenvalue weighted by atomic mass is 9.86. The van der Waals surface area contributed by atoms with Crippen molar-refractivity contribution in [3.8, 4) is 0 Å². The molecule has 0 bridgehead atoms. The van der Waals surface area contributed by atoms with E-state index in [2.05, 4.69) is 71.3 Å². The number of hydrogen-bond donors (Lipinski definition) is 4. The molecule has 3 atom stereocenters. The first kappa shape index (κ1) is 49.6. The van der Waals surface area contributed by atoms with Gasteiger partial charge in [-0.3, -0.25) is 4.57 Å². The number of H-pyrrole nitrogens is 1. The van der Waals surface area contributed by atoms with Crippen molar-refractivity contribution in [2.24, 2.45) is 29.7 Å². The molecule has 1 rings (SSSR count). The van der Waals surface area contributed by atoms with E-state index < -0.39 is 15.2 Å². The summed E-state index contributed by atoms with van der Waals surface area (Å²) in [5.74, 6) is 1.48. The molecule has 1 aromatic heterocycles. The zero-order valence-corrected chi connectivity index (χ0v) is 34.9. The lowest BCUT2D eigenvalue weighted by molar-refractivity contribution is -0.677. The number of aromatic nitrogens is 2. The fourth-order valence-corrected chi connectivity index (χ4v) is 8.40. The Hall–Kier alpha value is -0.490. The Morgan fingerprint density at radius 1 is 0.688 bits per heavy atom. The molecule has 0 fully saturated rings. The number of nitrogens with zero attached hydrogens (tertiary/aromatic N) is 1. The molecule has 0 aliphatic carbocycles. The summed E-state index contributed by atoms with van der Waals surface area (Å²) in [6.45, 7) is 18.4. The second-order valence-corrected chi connectivity index (χ2v) is 20.3. The van der Waals surface area contributed by atoms with Gasteiger partial charge in [-0.25, -0.2) is 9.55 Å². The summed E-state index contributed by atoms with van der Waals surface area (Å²) in [4.78, 5) is 39.8. The van der Waals surface area contributed by atoms with Crippen LogP contribution in [0.3, 0.4) is 0 Å². The molecule has 10 heteroatoms. The van der Waals surface area contributed by atoms with Gasteiger partial charge in [0.25, 0.3) is 5.82 Å². The Balaban J connectivity index is 0. The average Bonchev–Trinajstić information content (AvgIpc) is 3.29. The van der Waals surface area contributed by atoms with E-state index in [-0.39, 0.29) is 35.0 Å². The third-order valence-electron chi connectivity index (χ3n) is 8.25. The third-order valence-corrected chi connectivity index (χ3v) is 10.4. The summed E-state index contributed by atoms with van der Waals surface area (Å²) in [6.07, 6.45) is 29.9. The van der Waals surface area contributed by atoms with Crippen LogP contribution in [-0.4, -0.2) is 32.0 Å². The quantitative estimate of drug-likeness (QED) is 0.0504. The van der Waals surface area contributed by atoms with Crippen LogP contribution < -0.4 is 9.46 Å². The predicted molar refractivity (Wildman–Crippen MR) is 203 cm³/mol. The molecule has 0 spiro atoms. The molecular weight excluding hydrogens is 642 g/mol. The largest absolute Gasteiger partial charge is 0.779 e. The topological polar surface area (TPSA) is 138 Å². The average molecular weight is 723 g/mol. The number of nitrogens with one attached hydrogen (secondary N) is 1. The van der Waals surface area contributed by atoms with Crippen LogP contribution in [0.2, 0.25) is 0 Å². The molecule has 48 heavy (non-hydrogen) atoms. The Bertz CT molecular complexity index is 933. The van der Waals surface area contributed by atoms with Crippen molar-refractivity contribution in [3.05, 3.63) is 18.2 Å². The summed E-state index contributed by atoms with van der Waals surface area (Å²) < 4.78 is 23.3. The maximum Gasteiger partial charge on any atom is 0.325 e. The van der Waals surface area contributed by atoms with E-state index in [1.807, 2.05) is 20.0 Å². The molecule has 4 N–H and O–H groups in total. The van der Waals surface area contributed by atoms with E-state index in [0.29, 0.717) is 0 Å². The number of aromatic amines is 1. The number of hydrogen-bond acceptors (Lipinski definition) is 3. The molecule has 0 aromatic carbocycles. The van der Waals surface area contributed by atoms with Crippen LogP contribution >= 0.6 is 15.2 Å². The number of aryl methyl sites for hydroxylation is 2. The molecule has 8 nitrogen and oxygen atoms in total. The van der Waals surface area contributed by atoms with E-state index in [1.165, 1.54) is 115 Å². The van der Waals surface area contributed by atoms with Crippen LogP contribution in [0.15, 0.2) is 12.4 Å². The van der Waals surface area contributed by atoms with Crippen molar-refractivity contribution in [1.82, 2.24) is 4.98 Å². The second kappa shape index (κ2) is 27.2. The molecule has 0 saturated heterocycles. The minimum Gasteiger partial charge on any atom is -0.779 e. The monoisotopic (exact) mass is 723 g/mol. The van der Waals surface area contributed by atoms with E-state index in [9.17, 15) is 14.0 Å². The highest BCUT2D eigenvalue weighted by Crippen LogP contribution is 2.40. The fraction of sp³-hybridized carbons (Fsp3) is 0.921. The third kappa shape index (κ3) is 39.9. The van der Waals surface area contributed by atoms with Crippen molar-refractivity contribution in [2.75, 3.05) is 12.3 Å². The van der Waals surface area contributed by atoms with Gasteiger partial charge in [-0.15, -0.1) is 0 Å². The number of rotatable bonds is 23. The SMILES string of the molecule is CC(CC(C)(C)C)CP(=O)(O)O.CC(CC(C)(C)C)CP(=O)([O-])O.CCCCCCCCCCCCCCCCCCc1[nH]cc[n+]1C. The Morgan fingerprint density at radius 2 is 1.04 bits per heavy atom. The highest BCUT2D eigenvalue weighted by molar-refractivity contribution is 7.51. The first-order valence-electron chi connectivity index (χ1n) is 19.1. The Morgan fingerprint density at radius 3 is 1.33 bits per heavy atom. The van der Waals surface area contributed by atoms with Gasteiger partial charge in [0.05, 0.1) is 13.2 Å². The van der Waals surface area contributed by atoms with Crippen molar-refractivity contribution in [3.63, 3.8) is 0 Å². The minimum absolute atomic E-state index is 0.00424. The number of imidazole rings is 1. The minimum atomic E-state index is -4.06. The summed E-state index contributed by atoms with van der Waals surface area (Å²) in [5, 5.41) is 0. The van der Waals surface area contributed by atoms with Gasteiger partial charge < -0.3 is 24.1 Å². The Labute approximate surface area is 297 Å². The molecule has 1 heterocycles. The number of unbranched alkanes of at least 4 members (excludes halogenated alkanes) is 15. The van der Waals surface area contributed by atoms with Gasteiger partial charge in [0, 0.05) is 12.6 Å². The molecule has 0 saturated carbocycles. The summed E-state index contributed by atoms with van der Waals surface area (Å²) in [7, 11) is -5.74. The molecule has 0 aliphatic heterocycles. The molecular formula is C38H80N2O6P2. The fourth-order valence-electron chi connectivity index (χ4n) is 6.55. The zero-order valence-electron chi connectivity index (χ0n) is 33.1. The van der Waals surface area contributed by atoms with E-state index in [4.69, 9.17) is 14.7 Å². The van der Waals surface area contributed by atoms with Gasteiger partial charge in [-0.05, 0) is 41.9 Å². The standard InChI is InChI=1S/C22H42N2.2C8H19O3P/c1-3-4-5-6-7-8-9-10-11-12-13-14-15-16-17-18-19-22-23-20-21-24(22)2;2*1-7(5-8(2,3)4)6-12(9,10)11/h20-21H,3-19H2,1-2H3;2*7H,5-6H2,1-4H3,(H2,9,10,11). The van der Waals surface area contributed by atoms with Gasteiger partial charge in [-0.2, -0.15) is 0 Å². The van der Waals surface area contributed by atoms with E-state index >= 15 is 0 Å². The summed E-state index contributed by atoms with van der Waals surface area (Å²) in [5.41, 5.74) is 0.267. The second-order valence-electron chi connectivity index (χ2n) is 17.0. The normalized spacial score (nSPS) is 14.7. The van der Waals surface area contributed by atoms with Gasteiger partial charge in [-0.1, -0.05) is 159 Å². The first-order chi connectivity index (χ1) is 22.0. The smallest absolute Gasteiger partial charge is 0.325 e. The van der Waals surface area contributed by atoms with Crippen LogP contribution in [0.5, 0.6) is 0 Å². The predicted octanol–water partition coefficient (Wildman–Crippen LogP) is 10.5. The maximum absolute atomic E-state index is 10.6. The molecule has 0 aliphatic rings. The van der Waals surface area contributed by atoms with Crippen LogP contribution in [-0.2, 0) is 22.6 Å². The highest BCUT2D eigenvalue weighted by Gasteiger charge is 2.22. The van der Waals surface area contributed by atoms with Crippen molar-refractivity contribution in [2.45, 2.75) is 184 Å². The van der Waals surface area contributed by atoms with Crippen LogP contribution in [0.25, 0.3) is 0 Å².